The molecule has 4 nitrogen and oxygen atoms in total. The van der Waals surface area contributed by atoms with Gasteiger partial charge in [0.2, 0.25) is 0 Å². The van der Waals surface area contributed by atoms with E-state index in [2.05, 4.69) is 62.9 Å². The number of hydrogen-bond donors (Lipinski definition) is 0. The summed E-state index contributed by atoms with van der Waals surface area (Å²) in [4.78, 5) is 13.1. The maximum absolute atomic E-state index is 11.2. The molecule has 0 spiro atoms. The topological polar surface area (TPSA) is 46.4 Å². The standard InChI is InChI=1S/C20H22N2O2/c1-14-5-7-16(8-6-14)13-21-19-11-17(22(23)24)9-10-18(19)15(2)12-20(21,3)4/h5-12H,13H2,1-4H3. The number of fused-ring (bicyclic) bond motifs is 1. The highest BCUT2D eigenvalue weighted by Gasteiger charge is 2.32. The van der Waals surface area contributed by atoms with Crippen molar-refractivity contribution in [3.63, 3.8) is 0 Å². The maximum atomic E-state index is 11.2. The number of nitro groups is 1. The number of anilines is 1. The Hall–Kier alpha value is -2.62. The molecule has 124 valence electrons. The van der Waals surface area contributed by atoms with E-state index in [1.807, 2.05) is 6.07 Å². The lowest BCUT2D eigenvalue weighted by molar-refractivity contribution is -0.384. The number of hydrogen-bond acceptors (Lipinski definition) is 3. The second-order valence-electron chi connectivity index (χ2n) is 7.01. The van der Waals surface area contributed by atoms with Crippen molar-refractivity contribution in [3.05, 3.63) is 75.3 Å². The van der Waals surface area contributed by atoms with Gasteiger partial charge in [-0.2, -0.15) is 0 Å². The Morgan fingerprint density at radius 2 is 1.75 bits per heavy atom. The quantitative estimate of drug-likeness (QED) is 0.583. The van der Waals surface area contributed by atoms with Gasteiger partial charge >= 0.3 is 0 Å². The molecule has 0 aliphatic carbocycles. The summed E-state index contributed by atoms with van der Waals surface area (Å²) >= 11 is 0. The average Bonchev–Trinajstić information content (AvgIpc) is 2.52. The van der Waals surface area contributed by atoms with E-state index < -0.39 is 0 Å². The number of benzene rings is 2. The second kappa shape index (κ2) is 5.78. The first-order chi connectivity index (χ1) is 11.3. The van der Waals surface area contributed by atoms with Gasteiger partial charge in [-0.25, -0.2) is 0 Å². The predicted molar refractivity (Wildman–Crippen MR) is 98.2 cm³/mol. The van der Waals surface area contributed by atoms with Gasteiger partial charge in [-0.3, -0.25) is 10.1 Å². The molecule has 2 aromatic rings. The van der Waals surface area contributed by atoms with Gasteiger partial charge in [0.1, 0.15) is 0 Å². The second-order valence-corrected chi connectivity index (χ2v) is 7.01. The van der Waals surface area contributed by atoms with Gasteiger partial charge in [-0.1, -0.05) is 35.9 Å². The normalized spacial score (nSPS) is 15.7. The summed E-state index contributed by atoms with van der Waals surface area (Å²) < 4.78 is 0. The molecule has 2 aromatic carbocycles. The van der Waals surface area contributed by atoms with Gasteiger partial charge in [0.25, 0.3) is 5.69 Å². The molecule has 1 heterocycles. The summed E-state index contributed by atoms with van der Waals surface area (Å²) in [7, 11) is 0. The molecule has 0 atom stereocenters. The number of nitrogens with zero attached hydrogens (tertiary/aromatic N) is 2. The van der Waals surface area contributed by atoms with Gasteiger partial charge < -0.3 is 4.90 Å². The van der Waals surface area contributed by atoms with E-state index in [0.29, 0.717) is 6.54 Å². The third-order valence-electron chi connectivity index (χ3n) is 4.63. The van der Waals surface area contributed by atoms with Crippen molar-refractivity contribution in [2.45, 2.75) is 39.8 Å². The van der Waals surface area contributed by atoms with Gasteiger partial charge in [-0.15, -0.1) is 0 Å². The van der Waals surface area contributed by atoms with Crippen molar-refractivity contribution in [2.75, 3.05) is 4.90 Å². The van der Waals surface area contributed by atoms with Crippen LogP contribution < -0.4 is 4.90 Å². The minimum absolute atomic E-state index is 0.133. The Bertz CT molecular complexity index is 820. The summed E-state index contributed by atoms with van der Waals surface area (Å²) in [6, 6.07) is 13.6. The van der Waals surface area contributed by atoms with Gasteiger partial charge in [0.15, 0.2) is 0 Å². The van der Waals surface area contributed by atoms with Crippen LogP contribution in [0.4, 0.5) is 11.4 Å². The van der Waals surface area contributed by atoms with Gasteiger partial charge in [0, 0.05) is 24.2 Å². The molecule has 3 rings (SSSR count). The predicted octanol–water partition coefficient (Wildman–Crippen LogP) is 5.11. The molecule has 0 aromatic heterocycles. The molecular weight excluding hydrogens is 300 g/mol. The highest BCUT2D eigenvalue weighted by molar-refractivity contribution is 5.82. The lowest BCUT2D eigenvalue weighted by Gasteiger charge is -2.43. The molecule has 0 N–H and O–H groups in total. The zero-order valence-corrected chi connectivity index (χ0v) is 14.5. The Kier molecular flexibility index (Phi) is 3.91. The lowest BCUT2D eigenvalue weighted by atomic mass is 9.88. The molecule has 1 aliphatic heterocycles. The highest BCUT2D eigenvalue weighted by Crippen LogP contribution is 2.41. The van der Waals surface area contributed by atoms with Crippen LogP contribution in [0.1, 0.15) is 37.5 Å². The SMILES string of the molecule is CC1=CC(C)(C)N(Cc2ccc(C)cc2)c2cc([N+](=O)[O-])ccc21. The van der Waals surface area contributed by atoms with Gasteiger partial charge in [0.05, 0.1) is 16.1 Å². The van der Waals surface area contributed by atoms with Crippen LogP contribution in [0, 0.1) is 17.0 Å². The molecular formula is C20H22N2O2. The third-order valence-corrected chi connectivity index (χ3v) is 4.63. The van der Waals surface area contributed by atoms with E-state index in [9.17, 15) is 10.1 Å². The minimum Gasteiger partial charge on any atom is -0.358 e. The monoisotopic (exact) mass is 322 g/mol. The Labute approximate surface area is 142 Å². The molecule has 0 radical (unpaired) electrons. The van der Waals surface area contributed by atoms with Gasteiger partial charge in [-0.05, 0) is 44.9 Å². The van der Waals surface area contributed by atoms with Crippen molar-refractivity contribution in [1.82, 2.24) is 0 Å². The number of allylic oxidation sites excluding steroid dienone is 1. The first-order valence-electron chi connectivity index (χ1n) is 8.09. The Balaban J connectivity index is 2.08. The van der Waals surface area contributed by atoms with Crippen molar-refractivity contribution < 1.29 is 4.92 Å². The number of nitro benzene ring substituents is 1. The minimum atomic E-state index is -0.328. The first kappa shape index (κ1) is 16.2. The highest BCUT2D eigenvalue weighted by atomic mass is 16.6. The Morgan fingerprint density at radius 1 is 1.08 bits per heavy atom. The first-order valence-corrected chi connectivity index (χ1v) is 8.09. The van der Waals surface area contributed by atoms with Crippen LogP contribution in [0.3, 0.4) is 0 Å². The van der Waals surface area contributed by atoms with Crippen LogP contribution >= 0.6 is 0 Å². The molecule has 0 unspecified atom stereocenters. The molecule has 0 saturated carbocycles. The number of aryl methyl sites for hydroxylation is 1. The van der Waals surface area contributed by atoms with E-state index in [4.69, 9.17) is 0 Å². The zero-order valence-electron chi connectivity index (χ0n) is 14.5. The van der Waals surface area contributed by atoms with Crippen LogP contribution in [-0.2, 0) is 6.54 Å². The molecule has 0 amide bonds. The largest absolute Gasteiger partial charge is 0.358 e. The average molecular weight is 322 g/mol. The summed E-state index contributed by atoms with van der Waals surface area (Å²) in [6.07, 6.45) is 2.23. The molecule has 0 saturated heterocycles. The van der Waals surface area contributed by atoms with E-state index in [-0.39, 0.29) is 16.1 Å². The summed E-state index contributed by atoms with van der Waals surface area (Å²) in [5.41, 5.74) is 5.49. The molecule has 0 bridgehead atoms. The molecule has 1 aliphatic rings. The molecule has 0 fully saturated rings. The number of rotatable bonds is 3. The van der Waals surface area contributed by atoms with E-state index in [0.717, 1.165) is 16.8 Å². The fourth-order valence-corrected chi connectivity index (χ4v) is 3.35. The molecule has 4 heteroatoms. The van der Waals surface area contributed by atoms with Crippen LogP contribution in [0.25, 0.3) is 5.57 Å². The summed E-state index contributed by atoms with van der Waals surface area (Å²) in [6.45, 7) is 9.14. The van der Waals surface area contributed by atoms with Crippen molar-refractivity contribution >= 4 is 16.9 Å². The van der Waals surface area contributed by atoms with E-state index >= 15 is 0 Å². The summed E-state index contributed by atoms with van der Waals surface area (Å²) in [5.74, 6) is 0. The fraction of sp³-hybridized carbons (Fsp3) is 0.300. The lowest BCUT2D eigenvalue weighted by Crippen LogP contribution is -2.44. The van der Waals surface area contributed by atoms with Crippen molar-refractivity contribution in [1.29, 1.82) is 0 Å². The van der Waals surface area contributed by atoms with Crippen molar-refractivity contribution in [2.24, 2.45) is 0 Å². The number of non-ortho nitro benzene ring substituents is 1. The van der Waals surface area contributed by atoms with Crippen LogP contribution in [-0.4, -0.2) is 10.5 Å². The van der Waals surface area contributed by atoms with Crippen LogP contribution in [0.5, 0.6) is 0 Å². The fourth-order valence-electron chi connectivity index (χ4n) is 3.35. The Morgan fingerprint density at radius 3 is 2.38 bits per heavy atom. The summed E-state index contributed by atoms with van der Waals surface area (Å²) in [5, 5.41) is 11.2. The van der Waals surface area contributed by atoms with Crippen molar-refractivity contribution in [3.8, 4) is 0 Å². The molecule has 24 heavy (non-hydrogen) atoms. The zero-order chi connectivity index (χ0) is 17.5. The third kappa shape index (κ3) is 2.92. The smallest absolute Gasteiger partial charge is 0.271 e. The van der Waals surface area contributed by atoms with E-state index in [1.165, 1.54) is 11.1 Å². The maximum Gasteiger partial charge on any atom is 0.271 e. The van der Waals surface area contributed by atoms with Crippen LogP contribution in [0.15, 0.2) is 48.5 Å². The van der Waals surface area contributed by atoms with Crippen LogP contribution in [0.2, 0.25) is 0 Å². The van der Waals surface area contributed by atoms with E-state index in [1.54, 1.807) is 12.1 Å².